The quantitative estimate of drug-likeness (QED) is 0.697. The average Bonchev–Trinajstić information content (AvgIpc) is 2.16. The minimum atomic E-state index is -1.08. The summed E-state index contributed by atoms with van der Waals surface area (Å²) in [5.41, 5.74) is 0. The number of phenolic OH excluding ortho intramolecular Hbond substituents is 1. The van der Waals surface area contributed by atoms with Crippen molar-refractivity contribution in [2.75, 3.05) is 0 Å². The number of hydrogen-bond acceptors (Lipinski definition) is 4. The molecule has 5 nitrogen and oxygen atoms in total. The molecule has 0 aliphatic heterocycles. The lowest BCUT2D eigenvalue weighted by atomic mass is 10.1. The molecule has 0 heterocycles. The third-order valence-electron chi connectivity index (χ3n) is 2.07. The fourth-order valence-electron chi connectivity index (χ4n) is 1.19. The summed E-state index contributed by atoms with van der Waals surface area (Å²) in [5, 5.41) is 27.1. The molecule has 0 aromatic heterocycles. The summed E-state index contributed by atoms with van der Waals surface area (Å²) in [6.07, 6.45) is -2.11. The molecule has 0 radical (unpaired) electrons. The van der Waals surface area contributed by atoms with E-state index in [0.717, 1.165) is 0 Å². The van der Waals surface area contributed by atoms with Crippen molar-refractivity contribution in [3.63, 3.8) is 0 Å². The van der Waals surface area contributed by atoms with Gasteiger partial charge in [0.25, 0.3) is 0 Å². The largest absolute Gasteiger partial charge is 0.508 e. The maximum absolute atomic E-state index is 10.4. The van der Waals surface area contributed by atoms with E-state index < -0.39 is 18.2 Å². The topological polar surface area (TPSA) is 87.0 Å². The minimum absolute atomic E-state index is 0.0532. The molecule has 1 aromatic rings. The molecular weight excluding hydrogens is 212 g/mol. The number of carboxylic acids is 1. The van der Waals surface area contributed by atoms with Gasteiger partial charge < -0.3 is 20.1 Å². The van der Waals surface area contributed by atoms with Crippen molar-refractivity contribution >= 4 is 5.97 Å². The summed E-state index contributed by atoms with van der Waals surface area (Å²) in [7, 11) is 0. The molecule has 0 spiro atoms. The van der Waals surface area contributed by atoms with Crippen LogP contribution in [0.5, 0.6) is 11.5 Å². The Labute approximate surface area is 92.9 Å². The lowest BCUT2D eigenvalue weighted by molar-refractivity contribution is -0.140. The number of aliphatic hydroxyl groups is 1. The van der Waals surface area contributed by atoms with Gasteiger partial charge in [0.15, 0.2) is 0 Å². The predicted octanol–water partition coefficient (Wildman–Crippen LogP) is 0.995. The predicted molar refractivity (Wildman–Crippen MR) is 56.5 cm³/mol. The zero-order valence-corrected chi connectivity index (χ0v) is 8.83. The van der Waals surface area contributed by atoms with Gasteiger partial charge in [-0.2, -0.15) is 0 Å². The van der Waals surface area contributed by atoms with E-state index in [2.05, 4.69) is 0 Å². The van der Waals surface area contributed by atoms with Crippen LogP contribution in [0.4, 0.5) is 0 Å². The second kappa shape index (κ2) is 5.37. The van der Waals surface area contributed by atoms with Gasteiger partial charge in [-0.15, -0.1) is 0 Å². The monoisotopic (exact) mass is 226 g/mol. The molecule has 2 atom stereocenters. The van der Waals surface area contributed by atoms with Crippen LogP contribution in [-0.4, -0.2) is 33.5 Å². The molecule has 0 fully saturated rings. The van der Waals surface area contributed by atoms with Gasteiger partial charge in [-0.25, -0.2) is 0 Å². The molecule has 0 amide bonds. The molecular formula is C11H14O5. The zero-order valence-electron chi connectivity index (χ0n) is 8.83. The fraction of sp³-hybridized carbons (Fsp3) is 0.364. The standard InChI is InChI=1S/C11H14O5/c1-7(10(13)6-11(14)15)16-9-4-2-3-8(12)5-9/h2-5,7,10,12-13H,6H2,1H3,(H,14,15). The first kappa shape index (κ1) is 12.3. The van der Waals surface area contributed by atoms with Gasteiger partial charge in [0.2, 0.25) is 0 Å². The van der Waals surface area contributed by atoms with Crippen LogP contribution in [0.25, 0.3) is 0 Å². The van der Waals surface area contributed by atoms with Gasteiger partial charge in [0.1, 0.15) is 23.7 Å². The number of ether oxygens (including phenoxy) is 1. The van der Waals surface area contributed by atoms with E-state index in [1.54, 1.807) is 19.1 Å². The van der Waals surface area contributed by atoms with Crippen LogP contribution >= 0.6 is 0 Å². The van der Waals surface area contributed by atoms with Gasteiger partial charge in [-0.3, -0.25) is 4.79 Å². The van der Waals surface area contributed by atoms with E-state index in [1.165, 1.54) is 12.1 Å². The summed E-state index contributed by atoms with van der Waals surface area (Å²) in [6, 6.07) is 6.10. The van der Waals surface area contributed by atoms with Crippen LogP contribution in [0.1, 0.15) is 13.3 Å². The summed E-state index contributed by atoms with van der Waals surface area (Å²) in [5.74, 6) is -0.645. The number of rotatable bonds is 5. The minimum Gasteiger partial charge on any atom is -0.508 e. The number of hydrogen-bond donors (Lipinski definition) is 3. The smallest absolute Gasteiger partial charge is 0.306 e. The van der Waals surface area contributed by atoms with E-state index in [0.29, 0.717) is 5.75 Å². The van der Waals surface area contributed by atoms with Gasteiger partial charge in [0, 0.05) is 6.07 Å². The molecule has 0 saturated carbocycles. The first-order valence-corrected chi connectivity index (χ1v) is 4.84. The van der Waals surface area contributed by atoms with Gasteiger partial charge in [-0.05, 0) is 19.1 Å². The Hall–Kier alpha value is -1.75. The average molecular weight is 226 g/mol. The second-order valence-corrected chi connectivity index (χ2v) is 3.49. The Kier molecular flexibility index (Phi) is 4.13. The summed E-state index contributed by atoms with van der Waals surface area (Å²) in [6.45, 7) is 1.57. The van der Waals surface area contributed by atoms with Crippen LogP contribution < -0.4 is 4.74 Å². The molecule has 1 rings (SSSR count). The molecule has 16 heavy (non-hydrogen) atoms. The normalized spacial score (nSPS) is 14.1. The molecule has 0 saturated heterocycles. The van der Waals surface area contributed by atoms with Gasteiger partial charge >= 0.3 is 5.97 Å². The second-order valence-electron chi connectivity index (χ2n) is 3.49. The summed E-state index contributed by atoms with van der Waals surface area (Å²) < 4.78 is 5.28. The fourth-order valence-corrected chi connectivity index (χ4v) is 1.19. The Balaban J connectivity index is 2.56. The Bertz CT molecular complexity index is 363. The van der Waals surface area contributed by atoms with Crippen molar-refractivity contribution in [2.24, 2.45) is 0 Å². The molecule has 5 heteroatoms. The van der Waals surface area contributed by atoms with E-state index >= 15 is 0 Å². The van der Waals surface area contributed by atoms with Crippen molar-refractivity contribution in [1.82, 2.24) is 0 Å². The van der Waals surface area contributed by atoms with Gasteiger partial charge in [-0.1, -0.05) is 6.07 Å². The number of benzene rings is 1. The van der Waals surface area contributed by atoms with Crippen LogP contribution in [0, 0.1) is 0 Å². The van der Waals surface area contributed by atoms with Crippen LogP contribution in [0.15, 0.2) is 24.3 Å². The Morgan fingerprint density at radius 2 is 2.19 bits per heavy atom. The van der Waals surface area contributed by atoms with Crippen molar-refractivity contribution in [1.29, 1.82) is 0 Å². The van der Waals surface area contributed by atoms with Gasteiger partial charge in [0.05, 0.1) is 6.42 Å². The number of aromatic hydroxyl groups is 1. The highest BCUT2D eigenvalue weighted by atomic mass is 16.5. The third-order valence-corrected chi connectivity index (χ3v) is 2.07. The first-order chi connectivity index (χ1) is 7.49. The van der Waals surface area contributed by atoms with E-state index in [-0.39, 0.29) is 12.2 Å². The third kappa shape index (κ3) is 3.78. The maximum atomic E-state index is 10.4. The van der Waals surface area contributed by atoms with Crippen molar-refractivity contribution < 1.29 is 24.9 Å². The SMILES string of the molecule is CC(Oc1cccc(O)c1)C(O)CC(=O)O. The number of aliphatic carboxylic acids is 1. The Morgan fingerprint density at radius 1 is 1.50 bits per heavy atom. The van der Waals surface area contributed by atoms with E-state index in [4.69, 9.17) is 9.84 Å². The van der Waals surface area contributed by atoms with Crippen molar-refractivity contribution in [3.05, 3.63) is 24.3 Å². The van der Waals surface area contributed by atoms with E-state index in [9.17, 15) is 15.0 Å². The first-order valence-electron chi connectivity index (χ1n) is 4.84. The van der Waals surface area contributed by atoms with Crippen LogP contribution in [0.3, 0.4) is 0 Å². The summed E-state index contributed by atoms with van der Waals surface area (Å²) in [4.78, 5) is 10.4. The Morgan fingerprint density at radius 3 is 2.75 bits per heavy atom. The molecule has 0 aliphatic rings. The lowest BCUT2D eigenvalue weighted by Gasteiger charge is -2.19. The molecule has 0 aliphatic carbocycles. The molecule has 0 bridgehead atoms. The zero-order chi connectivity index (χ0) is 12.1. The van der Waals surface area contributed by atoms with Crippen LogP contribution in [0.2, 0.25) is 0 Å². The highest BCUT2D eigenvalue weighted by Gasteiger charge is 2.19. The number of aliphatic hydroxyl groups excluding tert-OH is 1. The number of carbonyl (C=O) groups is 1. The molecule has 2 unspecified atom stereocenters. The molecule has 88 valence electrons. The van der Waals surface area contributed by atoms with Crippen molar-refractivity contribution in [2.45, 2.75) is 25.6 Å². The lowest BCUT2D eigenvalue weighted by Crippen LogP contribution is -2.30. The van der Waals surface area contributed by atoms with Crippen LogP contribution in [-0.2, 0) is 4.79 Å². The maximum Gasteiger partial charge on any atom is 0.306 e. The highest BCUT2D eigenvalue weighted by molar-refractivity contribution is 5.67. The molecule has 3 N–H and O–H groups in total. The number of phenols is 1. The van der Waals surface area contributed by atoms with E-state index in [1.807, 2.05) is 0 Å². The highest BCUT2D eigenvalue weighted by Crippen LogP contribution is 2.19. The number of carboxylic acid groups (broad SMARTS) is 1. The van der Waals surface area contributed by atoms with Crippen molar-refractivity contribution in [3.8, 4) is 11.5 Å². The summed E-state index contributed by atoms with van der Waals surface area (Å²) >= 11 is 0. The molecule has 1 aromatic carbocycles.